The number of fused-ring (bicyclic) bond motifs is 1. The second-order valence-corrected chi connectivity index (χ2v) is 11.6. The topological polar surface area (TPSA) is 117 Å². The van der Waals surface area contributed by atoms with Gasteiger partial charge >= 0.3 is 12.6 Å². The number of benzene rings is 2. The van der Waals surface area contributed by atoms with Gasteiger partial charge in [-0.05, 0) is 66.2 Å². The Labute approximate surface area is 255 Å². The molecule has 6 rings (SSSR count). The van der Waals surface area contributed by atoms with Gasteiger partial charge in [0.1, 0.15) is 16.8 Å². The molecule has 3 aromatic heterocycles. The Morgan fingerprint density at radius 1 is 0.953 bits per heavy atom. The Hall–Kier alpha value is -4.24. The monoisotopic (exact) mass is 644 g/mol. The summed E-state index contributed by atoms with van der Waals surface area (Å²) >= 11 is 3.77. The van der Waals surface area contributed by atoms with Crippen molar-refractivity contribution in [3.8, 4) is 15.9 Å². The molecule has 1 N–H and O–H groups in total. The standard InChI is InChI=1S/C23H16F2N2O5S2.C6H6O2S/c1-30-19-9-7-15(33-19)11-16-20(12-2-8-17-18(10-12)27-34-26-17)21(28)32-23(16,29)13-3-5-14(6-4-13)31-22(24)25;1-8-6-3-2-5(4-7)9-6/h2-10,22,29H,11H2,1H3;2-4H,1H3. The summed E-state index contributed by atoms with van der Waals surface area (Å²) in [6.07, 6.45) is 1.00. The highest BCUT2D eigenvalue weighted by atomic mass is 32.1. The quantitative estimate of drug-likeness (QED) is 0.145. The summed E-state index contributed by atoms with van der Waals surface area (Å²) in [5, 5.41) is 13.1. The highest BCUT2D eigenvalue weighted by molar-refractivity contribution is 7.15. The number of aliphatic hydroxyl groups is 1. The Morgan fingerprint density at radius 3 is 2.28 bits per heavy atom. The van der Waals surface area contributed by atoms with Crippen LogP contribution in [0.1, 0.15) is 25.7 Å². The smallest absolute Gasteiger partial charge is 0.387 e. The molecule has 0 saturated carbocycles. The number of ether oxygens (including phenoxy) is 4. The Balaban J connectivity index is 0.000000351. The largest absolute Gasteiger partial charge is 0.487 e. The van der Waals surface area contributed by atoms with Crippen LogP contribution in [0.15, 0.2) is 72.3 Å². The predicted octanol–water partition coefficient (Wildman–Crippen LogP) is 6.33. The summed E-state index contributed by atoms with van der Waals surface area (Å²) in [7, 11) is 3.14. The third-order valence-electron chi connectivity index (χ3n) is 6.28. The minimum Gasteiger partial charge on any atom is -0.487 e. The lowest BCUT2D eigenvalue weighted by molar-refractivity contribution is -0.185. The van der Waals surface area contributed by atoms with Crippen molar-refractivity contribution >= 4 is 63.3 Å². The molecule has 0 radical (unpaired) electrons. The number of carbonyl (C=O) groups excluding carboxylic acids is 2. The number of methoxy groups -OCH3 is 2. The molecule has 0 spiro atoms. The Bertz CT molecular complexity index is 1780. The Morgan fingerprint density at radius 2 is 1.65 bits per heavy atom. The Kier molecular flexibility index (Phi) is 9.11. The third kappa shape index (κ3) is 6.57. The van der Waals surface area contributed by atoms with E-state index in [9.17, 15) is 23.5 Å². The number of carbonyl (C=O) groups is 2. The maximum Gasteiger partial charge on any atom is 0.387 e. The zero-order valence-corrected chi connectivity index (χ0v) is 24.9. The summed E-state index contributed by atoms with van der Waals surface area (Å²) in [5.74, 6) is -2.90. The number of esters is 1. The van der Waals surface area contributed by atoms with Gasteiger partial charge in [-0.2, -0.15) is 17.5 Å². The van der Waals surface area contributed by atoms with Crippen molar-refractivity contribution in [2.75, 3.05) is 14.2 Å². The van der Waals surface area contributed by atoms with Gasteiger partial charge in [-0.15, -0.1) is 11.3 Å². The van der Waals surface area contributed by atoms with Gasteiger partial charge < -0.3 is 24.1 Å². The van der Waals surface area contributed by atoms with E-state index in [4.69, 9.17) is 14.2 Å². The van der Waals surface area contributed by atoms with Crippen LogP contribution in [0.25, 0.3) is 16.6 Å². The van der Waals surface area contributed by atoms with Gasteiger partial charge in [0.05, 0.1) is 36.4 Å². The van der Waals surface area contributed by atoms with Crippen LogP contribution in [0.2, 0.25) is 0 Å². The van der Waals surface area contributed by atoms with Crippen LogP contribution in [0.4, 0.5) is 8.78 Å². The van der Waals surface area contributed by atoms with Crippen LogP contribution in [0.3, 0.4) is 0 Å². The van der Waals surface area contributed by atoms with Gasteiger partial charge in [0.2, 0.25) is 0 Å². The lowest BCUT2D eigenvalue weighted by atomic mass is 9.89. The van der Waals surface area contributed by atoms with Crippen molar-refractivity contribution in [3.63, 3.8) is 0 Å². The maximum absolute atomic E-state index is 13.1. The second kappa shape index (κ2) is 13.0. The van der Waals surface area contributed by atoms with E-state index in [0.29, 0.717) is 32.1 Å². The van der Waals surface area contributed by atoms with Crippen LogP contribution in [0, 0.1) is 0 Å². The molecule has 0 aliphatic carbocycles. The molecule has 1 aliphatic heterocycles. The van der Waals surface area contributed by atoms with E-state index in [1.165, 1.54) is 46.9 Å². The average Bonchev–Trinajstić information content (AvgIpc) is 3.80. The zero-order valence-electron chi connectivity index (χ0n) is 22.5. The number of nitrogens with zero attached hydrogens (tertiary/aromatic N) is 2. The highest BCUT2D eigenvalue weighted by Crippen LogP contribution is 2.46. The average molecular weight is 645 g/mol. The van der Waals surface area contributed by atoms with Crippen LogP contribution in [-0.4, -0.2) is 46.9 Å². The highest BCUT2D eigenvalue weighted by Gasteiger charge is 2.48. The van der Waals surface area contributed by atoms with Gasteiger partial charge in [0.15, 0.2) is 16.4 Å². The molecule has 0 fully saturated rings. The van der Waals surface area contributed by atoms with Crippen LogP contribution < -0.4 is 14.2 Å². The van der Waals surface area contributed by atoms with E-state index >= 15 is 0 Å². The first-order valence-corrected chi connectivity index (χ1v) is 14.8. The van der Waals surface area contributed by atoms with Crippen molar-refractivity contribution in [1.82, 2.24) is 8.75 Å². The molecular weight excluding hydrogens is 623 g/mol. The molecule has 0 saturated heterocycles. The maximum atomic E-state index is 13.1. The first-order chi connectivity index (χ1) is 20.7. The van der Waals surface area contributed by atoms with Crippen molar-refractivity contribution in [2.45, 2.75) is 18.8 Å². The fraction of sp³-hybridized carbons (Fsp3) is 0.172. The van der Waals surface area contributed by atoms with Crippen molar-refractivity contribution in [1.29, 1.82) is 0 Å². The zero-order chi connectivity index (χ0) is 30.6. The first-order valence-electron chi connectivity index (χ1n) is 12.4. The third-order valence-corrected chi connectivity index (χ3v) is 8.85. The van der Waals surface area contributed by atoms with E-state index in [1.807, 2.05) is 6.07 Å². The van der Waals surface area contributed by atoms with Gasteiger partial charge in [-0.25, -0.2) is 4.79 Å². The SMILES string of the molecule is COc1ccc(C=O)s1.COc1ccc(CC2=C(c3ccc4nsnc4c3)C(=O)OC2(O)c2ccc(OC(F)F)cc2)s1. The summed E-state index contributed by atoms with van der Waals surface area (Å²) in [5.41, 5.74) is 2.55. The number of thiophene rings is 2. The summed E-state index contributed by atoms with van der Waals surface area (Å²) in [6, 6.07) is 17.7. The number of halogens is 2. The molecule has 43 heavy (non-hydrogen) atoms. The summed E-state index contributed by atoms with van der Waals surface area (Å²) < 4.78 is 53.5. The van der Waals surface area contributed by atoms with E-state index in [1.54, 1.807) is 50.6 Å². The molecule has 1 unspecified atom stereocenters. The van der Waals surface area contributed by atoms with E-state index in [2.05, 4.69) is 13.5 Å². The first kappa shape index (κ1) is 30.2. The molecule has 14 heteroatoms. The normalized spacial score (nSPS) is 16.2. The van der Waals surface area contributed by atoms with Gasteiger partial charge in [0.25, 0.3) is 5.79 Å². The molecule has 0 amide bonds. The van der Waals surface area contributed by atoms with Crippen LogP contribution in [-0.2, 0) is 21.7 Å². The molecule has 1 aliphatic rings. The molecule has 4 heterocycles. The van der Waals surface area contributed by atoms with Crippen molar-refractivity contribution < 1.29 is 42.4 Å². The number of rotatable bonds is 9. The number of aromatic nitrogens is 2. The molecular formula is C29H22F2N2O7S3. The fourth-order valence-electron chi connectivity index (χ4n) is 4.32. The number of hydrogen-bond donors (Lipinski definition) is 1. The number of aldehydes is 1. The molecule has 0 bridgehead atoms. The molecule has 2 aromatic carbocycles. The van der Waals surface area contributed by atoms with Gasteiger partial charge in [-0.1, -0.05) is 17.4 Å². The second-order valence-electron chi connectivity index (χ2n) is 8.84. The molecule has 9 nitrogen and oxygen atoms in total. The van der Waals surface area contributed by atoms with Crippen LogP contribution >= 0.6 is 34.4 Å². The summed E-state index contributed by atoms with van der Waals surface area (Å²) in [4.78, 5) is 24.7. The lowest BCUT2D eigenvalue weighted by Crippen LogP contribution is -2.29. The molecule has 5 aromatic rings. The van der Waals surface area contributed by atoms with Gasteiger partial charge in [-0.3, -0.25) is 4.79 Å². The van der Waals surface area contributed by atoms with Crippen molar-refractivity contribution in [3.05, 3.63) is 93.2 Å². The van der Waals surface area contributed by atoms with Gasteiger partial charge in [0, 0.05) is 22.4 Å². The fourth-order valence-corrected chi connectivity index (χ4v) is 6.30. The number of alkyl halides is 2. The predicted molar refractivity (Wildman–Crippen MR) is 158 cm³/mol. The summed E-state index contributed by atoms with van der Waals surface area (Å²) in [6.45, 7) is -2.98. The molecule has 1 atom stereocenters. The van der Waals surface area contributed by atoms with Crippen LogP contribution in [0.5, 0.6) is 15.9 Å². The van der Waals surface area contributed by atoms with E-state index < -0.39 is 18.4 Å². The minimum absolute atomic E-state index is 0.0816. The lowest BCUT2D eigenvalue weighted by Gasteiger charge is -2.25. The minimum atomic E-state index is -2.98. The molecule has 222 valence electrons. The van der Waals surface area contributed by atoms with E-state index in [0.717, 1.165) is 28.0 Å². The number of hydrogen-bond acceptors (Lipinski definition) is 12. The number of cyclic esters (lactones) is 1. The van der Waals surface area contributed by atoms with Crippen molar-refractivity contribution in [2.24, 2.45) is 0 Å². The van der Waals surface area contributed by atoms with E-state index in [-0.39, 0.29) is 23.3 Å².